The van der Waals surface area contributed by atoms with Crippen LogP contribution >= 0.6 is 11.3 Å². The van der Waals surface area contributed by atoms with Gasteiger partial charge in [0.15, 0.2) is 0 Å². The molecule has 0 saturated heterocycles. The van der Waals surface area contributed by atoms with Crippen LogP contribution in [0.1, 0.15) is 27.7 Å². The maximum Gasteiger partial charge on any atom is 0.248 e. The summed E-state index contributed by atoms with van der Waals surface area (Å²) >= 11 is 1.75. The van der Waals surface area contributed by atoms with Gasteiger partial charge in [-0.05, 0) is 35.7 Å². The number of hydrogen-bond donors (Lipinski definition) is 2. The fraction of sp³-hybridized carbons (Fsp3) is 0.267. The van der Waals surface area contributed by atoms with E-state index in [1.165, 1.54) is 4.88 Å². The Morgan fingerprint density at radius 3 is 2.65 bits per heavy atom. The number of thiophene rings is 1. The van der Waals surface area contributed by atoms with E-state index in [9.17, 15) is 4.79 Å². The number of rotatable bonds is 6. The van der Waals surface area contributed by atoms with Gasteiger partial charge in [-0.2, -0.15) is 0 Å². The first-order valence-corrected chi connectivity index (χ1v) is 7.41. The Morgan fingerprint density at radius 1 is 1.30 bits per heavy atom. The van der Waals surface area contributed by atoms with Crippen LogP contribution < -0.4 is 11.5 Å². The fourth-order valence-corrected chi connectivity index (χ4v) is 2.78. The van der Waals surface area contributed by atoms with Gasteiger partial charge in [-0.25, -0.2) is 0 Å². The van der Waals surface area contributed by atoms with Crippen molar-refractivity contribution in [2.24, 2.45) is 5.73 Å². The van der Waals surface area contributed by atoms with Crippen molar-refractivity contribution in [3.63, 3.8) is 0 Å². The molecule has 0 saturated carbocycles. The molecule has 1 aromatic heterocycles. The Balaban J connectivity index is 2.09. The second-order valence-electron chi connectivity index (χ2n) is 4.66. The highest BCUT2D eigenvalue weighted by atomic mass is 32.1. The smallest absolute Gasteiger partial charge is 0.248 e. The van der Waals surface area contributed by atoms with Crippen LogP contribution in [0.25, 0.3) is 0 Å². The van der Waals surface area contributed by atoms with Crippen molar-refractivity contribution >= 4 is 22.9 Å². The Labute approximate surface area is 123 Å². The van der Waals surface area contributed by atoms with Crippen LogP contribution in [0.15, 0.2) is 35.7 Å². The van der Waals surface area contributed by atoms with E-state index in [4.69, 9.17) is 11.5 Å². The summed E-state index contributed by atoms with van der Waals surface area (Å²) in [6.45, 7) is 4.74. The van der Waals surface area contributed by atoms with Gasteiger partial charge in [-0.1, -0.05) is 19.1 Å². The maximum atomic E-state index is 11.1. The molecule has 2 rings (SSSR count). The van der Waals surface area contributed by atoms with Crippen molar-refractivity contribution in [2.45, 2.75) is 20.0 Å². The first-order valence-electron chi connectivity index (χ1n) is 6.53. The third kappa shape index (κ3) is 3.59. The summed E-state index contributed by atoms with van der Waals surface area (Å²) in [5, 5.41) is 2.08. The molecule has 1 amide bonds. The van der Waals surface area contributed by atoms with Gasteiger partial charge in [0.2, 0.25) is 5.91 Å². The molecule has 4 N–H and O–H groups in total. The average molecular weight is 289 g/mol. The Hall–Kier alpha value is -1.85. The standard InChI is InChI=1S/C15H19N3OS/c1-2-18(10-13-4-3-7-20-13)9-12-6-5-11(15(17)19)8-14(12)16/h3-8H,2,9-10,16H2,1H3,(H2,17,19). The lowest BCUT2D eigenvalue weighted by atomic mass is 10.1. The first-order chi connectivity index (χ1) is 9.60. The third-order valence-corrected chi connectivity index (χ3v) is 4.09. The zero-order valence-electron chi connectivity index (χ0n) is 11.5. The Morgan fingerprint density at radius 2 is 2.10 bits per heavy atom. The molecule has 0 fully saturated rings. The van der Waals surface area contributed by atoms with Crippen molar-refractivity contribution in [1.29, 1.82) is 0 Å². The number of primary amides is 1. The molecular weight excluding hydrogens is 270 g/mol. The normalized spacial score (nSPS) is 10.9. The minimum atomic E-state index is -0.450. The zero-order chi connectivity index (χ0) is 14.5. The topological polar surface area (TPSA) is 72.3 Å². The van der Waals surface area contributed by atoms with E-state index >= 15 is 0 Å². The quantitative estimate of drug-likeness (QED) is 0.802. The summed E-state index contributed by atoms with van der Waals surface area (Å²) in [5.41, 5.74) is 13.3. The summed E-state index contributed by atoms with van der Waals surface area (Å²) in [6, 6.07) is 9.45. The molecular formula is C15H19N3OS. The molecule has 0 unspecified atom stereocenters. The number of nitrogens with two attached hydrogens (primary N) is 2. The Kier molecular flexibility index (Phi) is 4.76. The number of amides is 1. The molecule has 0 aliphatic carbocycles. The van der Waals surface area contributed by atoms with E-state index in [0.717, 1.165) is 25.2 Å². The highest BCUT2D eigenvalue weighted by molar-refractivity contribution is 7.09. The van der Waals surface area contributed by atoms with Gasteiger partial charge in [-0.15, -0.1) is 11.3 Å². The molecule has 0 aliphatic heterocycles. The largest absolute Gasteiger partial charge is 0.398 e. The van der Waals surface area contributed by atoms with Crippen LogP contribution in [0.3, 0.4) is 0 Å². The molecule has 2 aromatic rings. The molecule has 0 radical (unpaired) electrons. The molecule has 0 spiro atoms. The first kappa shape index (κ1) is 14.6. The molecule has 20 heavy (non-hydrogen) atoms. The second kappa shape index (κ2) is 6.54. The lowest BCUT2D eigenvalue weighted by Gasteiger charge is -2.20. The minimum absolute atomic E-state index is 0.450. The third-order valence-electron chi connectivity index (χ3n) is 3.23. The van der Waals surface area contributed by atoms with Crippen LogP contribution in [0.2, 0.25) is 0 Å². The lowest BCUT2D eigenvalue weighted by molar-refractivity contribution is 0.100. The Bertz CT molecular complexity index is 581. The van der Waals surface area contributed by atoms with Crippen molar-refractivity contribution in [3.05, 3.63) is 51.7 Å². The second-order valence-corrected chi connectivity index (χ2v) is 5.69. The highest BCUT2D eigenvalue weighted by Gasteiger charge is 2.10. The summed E-state index contributed by atoms with van der Waals surface area (Å²) in [7, 11) is 0. The molecule has 0 bridgehead atoms. The van der Waals surface area contributed by atoms with Gasteiger partial charge in [-0.3, -0.25) is 9.69 Å². The molecule has 1 aromatic carbocycles. The maximum absolute atomic E-state index is 11.1. The van der Waals surface area contributed by atoms with Gasteiger partial charge in [0.05, 0.1) is 0 Å². The van der Waals surface area contributed by atoms with Crippen molar-refractivity contribution in [2.75, 3.05) is 12.3 Å². The predicted molar refractivity (Wildman–Crippen MR) is 83.5 cm³/mol. The molecule has 0 atom stereocenters. The van der Waals surface area contributed by atoms with Gasteiger partial charge >= 0.3 is 0 Å². The van der Waals surface area contributed by atoms with E-state index in [0.29, 0.717) is 11.3 Å². The number of nitrogens with zero attached hydrogens (tertiary/aromatic N) is 1. The van der Waals surface area contributed by atoms with E-state index in [1.54, 1.807) is 23.5 Å². The summed E-state index contributed by atoms with van der Waals surface area (Å²) < 4.78 is 0. The van der Waals surface area contributed by atoms with Crippen LogP contribution in [-0.2, 0) is 13.1 Å². The average Bonchev–Trinajstić information content (AvgIpc) is 2.92. The molecule has 4 nitrogen and oxygen atoms in total. The number of benzene rings is 1. The predicted octanol–water partition coefficient (Wildman–Crippen LogP) is 2.45. The lowest BCUT2D eigenvalue weighted by Crippen LogP contribution is -2.22. The summed E-state index contributed by atoms with van der Waals surface area (Å²) in [4.78, 5) is 14.8. The fourth-order valence-electron chi connectivity index (χ4n) is 2.04. The number of carbonyl (C=O) groups is 1. The van der Waals surface area contributed by atoms with E-state index < -0.39 is 5.91 Å². The number of carbonyl (C=O) groups excluding carboxylic acids is 1. The van der Waals surface area contributed by atoms with Gasteiger partial charge in [0, 0.05) is 29.2 Å². The van der Waals surface area contributed by atoms with Gasteiger partial charge in [0.1, 0.15) is 0 Å². The van der Waals surface area contributed by atoms with E-state index in [1.807, 2.05) is 6.07 Å². The highest BCUT2D eigenvalue weighted by Crippen LogP contribution is 2.19. The van der Waals surface area contributed by atoms with Gasteiger partial charge < -0.3 is 11.5 Å². The minimum Gasteiger partial charge on any atom is -0.398 e. The van der Waals surface area contributed by atoms with Crippen molar-refractivity contribution in [3.8, 4) is 0 Å². The summed E-state index contributed by atoms with van der Waals surface area (Å²) in [5.74, 6) is -0.450. The van der Waals surface area contributed by atoms with Crippen molar-refractivity contribution in [1.82, 2.24) is 4.90 Å². The number of anilines is 1. The van der Waals surface area contributed by atoms with Crippen LogP contribution in [0, 0.1) is 0 Å². The van der Waals surface area contributed by atoms with Crippen LogP contribution in [-0.4, -0.2) is 17.4 Å². The van der Waals surface area contributed by atoms with E-state index in [-0.39, 0.29) is 0 Å². The van der Waals surface area contributed by atoms with Crippen LogP contribution in [0.5, 0.6) is 0 Å². The zero-order valence-corrected chi connectivity index (χ0v) is 12.3. The molecule has 0 aliphatic rings. The number of hydrogen-bond acceptors (Lipinski definition) is 4. The van der Waals surface area contributed by atoms with Gasteiger partial charge in [0.25, 0.3) is 0 Å². The summed E-state index contributed by atoms with van der Waals surface area (Å²) in [6.07, 6.45) is 0. The van der Waals surface area contributed by atoms with E-state index in [2.05, 4.69) is 29.3 Å². The SMILES string of the molecule is CCN(Cc1cccs1)Cc1ccc(C(N)=O)cc1N. The van der Waals surface area contributed by atoms with Crippen LogP contribution in [0.4, 0.5) is 5.69 Å². The number of nitrogen functional groups attached to an aromatic ring is 1. The molecule has 106 valence electrons. The molecule has 5 heteroatoms. The monoisotopic (exact) mass is 289 g/mol. The van der Waals surface area contributed by atoms with Crippen molar-refractivity contribution < 1.29 is 4.79 Å². The molecule has 1 heterocycles.